The van der Waals surface area contributed by atoms with Crippen LogP contribution >= 0.6 is 24.0 Å². The number of ether oxygens (including phenoxy) is 3. The molecule has 7 nitrogen and oxygen atoms in total. The van der Waals surface area contributed by atoms with Crippen molar-refractivity contribution < 1.29 is 14.2 Å². The van der Waals surface area contributed by atoms with Crippen LogP contribution < -0.4 is 25.3 Å². The number of aliphatic imine (C=N–C) groups is 1. The maximum Gasteiger partial charge on any atom is 0.189 e. The molecule has 0 aliphatic heterocycles. The number of nitrogens with zero attached hydrogens (tertiary/aromatic N) is 2. The van der Waals surface area contributed by atoms with Crippen LogP contribution in [0.4, 0.5) is 0 Å². The summed E-state index contributed by atoms with van der Waals surface area (Å²) in [6.07, 6.45) is 0. The van der Waals surface area contributed by atoms with E-state index in [2.05, 4.69) is 15.2 Å². The van der Waals surface area contributed by atoms with Crippen molar-refractivity contribution in [2.75, 3.05) is 41.5 Å². The molecule has 160 valence electrons. The number of guanidine groups is 1. The number of halogens is 1. The molecule has 0 aromatic heterocycles. The fraction of sp³-hybridized carbons (Fsp3) is 0.381. The number of hydrogen-bond acceptors (Lipinski definition) is 5. The minimum Gasteiger partial charge on any atom is -0.493 e. The van der Waals surface area contributed by atoms with Gasteiger partial charge >= 0.3 is 0 Å². The quantitative estimate of drug-likeness (QED) is 0.289. The summed E-state index contributed by atoms with van der Waals surface area (Å²) in [5.41, 5.74) is 8.05. The van der Waals surface area contributed by atoms with E-state index in [0.717, 1.165) is 23.4 Å². The van der Waals surface area contributed by atoms with Gasteiger partial charge in [0.05, 0.1) is 20.8 Å². The van der Waals surface area contributed by atoms with Crippen molar-refractivity contribution in [3.8, 4) is 17.2 Å². The molecular formula is C21H31IN4O3. The lowest BCUT2D eigenvalue weighted by Crippen LogP contribution is -2.31. The maximum atomic E-state index is 5.99. The largest absolute Gasteiger partial charge is 0.493 e. The number of likely N-dealkylation sites (N-methyl/N-ethyl adjacent to an activating group) is 1. The maximum absolute atomic E-state index is 5.99. The van der Waals surface area contributed by atoms with E-state index in [0.29, 0.717) is 37.2 Å². The van der Waals surface area contributed by atoms with Gasteiger partial charge in [-0.15, -0.1) is 24.0 Å². The molecule has 8 heteroatoms. The van der Waals surface area contributed by atoms with Gasteiger partial charge in [-0.2, -0.15) is 0 Å². The third kappa shape index (κ3) is 8.78. The van der Waals surface area contributed by atoms with Gasteiger partial charge in [-0.3, -0.25) is 0 Å². The van der Waals surface area contributed by atoms with Crippen LogP contribution in [0.3, 0.4) is 0 Å². The molecule has 0 saturated carbocycles. The first kappa shape index (κ1) is 24.8. The first-order valence-corrected chi connectivity index (χ1v) is 9.13. The van der Waals surface area contributed by atoms with E-state index >= 15 is 0 Å². The van der Waals surface area contributed by atoms with Crippen LogP contribution in [0.1, 0.15) is 11.1 Å². The Bertz CT molecular complexity index is 784. The number of rotatable bonds is 10. The molecule has 3 N–H and O–H groups in total. The number of nitrogens with one attached hydrogen (secondary N) is 1. The lowest BCUT2D eigenvalue weighted by molar-refractivity contribution is 0.261. The number of hydrogen-bond donors (Lipinski definition) is 2. The molecule has 2 aromatic rings. The topological polar surface area (TPSA) is 81.3 Å². The summed E-state index contributed by atoms with van der Waals surface area (Å²) in [6.45, 7) is 2.54. The predicted molar refractivity (Wildman–Crippen MR) is 128 cm³/mol. The Balaban J connectivity index is 0.00000420. The smallest absolute Gasteiger partial charge is 0.189 e. The molecule has 0 aliphatic carbocycles. The van der Waals surface area contributed by atoms with Gasteiger partial charge in [-0.05, 0) is 49.5 Å². The van der Waals surface area contributed by atoms with Gasteiger partial charge in [-0.1, -0.05) is 18.2 Å². The Morgan fingerprint density at radius 1 is 1.03 bits per heavy atom. The molecule has 0 atom stereocenters. The van der Waals surface area contributed by atoms with Crippen molar-refractivity contribution in [2.24, 2.45) is 10.7 Å². The standard InChI is InChI=1S/C21H30N4O3.HI/c1-25(2)10-11-28-18-7-5-6-16(12-18)14-23-21(22)24-15-17-8-9-19(26-3)20(13-17)27-4;/h5-9,12-13H,10-11,14-15H2,1-4H3,(H3,22,23,24);1H. The van der Waals surface area contributed by atoms with Gasteiger partial charge in [0.1, 0.15) is 12.4 Å². The van der Waals surface area contributed by atoms with Crippen LogP contribution in [-0.4, -0.2) is 52.3 Å². The van der Waals surface area contributed by atoms with Crippen molar-refractivity contribution in [3.63, 3.8) is 0 Å². The van der Waals surface area contributed by atoms with Gasteiger partial charge in [0.25, 0.3) is 0 Å². The van der Waals surface area contributed by atoms with E-state index in [1.54, 1.807) is 14.2 Å². The van der Waals surface area contributed by atoms with Crippen molar-refractivity contribution in [1.82, 2.24) is 10.2 Å². The number of methoxy groups -OCH3 is 2. The fourth-order valence-corrected chi connectivity index (χ4v) is 2.50. The van der Waals surface area contributed by atoms with E-state index in [1.807, 2.05) is 56.6 Å². The van der Waals surface area contributed by atoms with E-state index in [9.17, 15) is 0 Å². The van der Waals surface area contributed by atoms with E-state index in [4.69, 9.17) is 19.9 Å². The number of nitrogens with two attached hydrogens (primary N) is 1. The highest BCUT2D eigenvalue weighted by Gasteiger charge is 2.05. The molecule has 0 fully saturated rings. The molecule has 0 heterocycles. The second kappa shape index (κ2) is 13.1. The highest BCUT2D eigenvalue weighted by Crippen LogP contribution is 2.27. The average Bonchev–Trinajstić information content (AvgIpc) is 2.70. The second-order valence-electron chi connectivity index (χ2n) is 6.54. The fourth-order valence-electron chi connectivity index (χ4n) is 2.50. The molecule has 2 aromatic carbocycles. The van der Waals surface area contributed by atoms with Gasteiger partial charge in [0.2, 0.25) is 0 Å². The monoisotopic (exact) mass is 514 g/mol. The normalized spacial score (nSPS) is 11.0. The van der Waals surface area contributed by atoms with Gasteiger partial charge in [-0.25, -0.2) is 4.99 Å². The van der Waals surface area contributed by atoms with Crippen molar-refractivity contribution >= 4 is 29.9 Å². The third-order valence-electron chi connectivity index (χ3n) is 4.06. The summed E-state index contributed by atoms with van der Waals surface area (Å²) in [5, 5.41) is 3.11. The minimum absolute atomic E-state index is 0. The Kier molecular flexibility index (Phi) is 11.2. The van der Waals surface area contributed by atoms with Crippen LogP contribution in [0.15, 0.2) is 47.5 Å². The molecule has 29 heavy (non-hydrogen) atoms. The van der Waals surface area contributed by atoms with Crippen LogP contribution in [-0.2, 0) is 13.1 Å². The Hall–Kier alpha value is -2.20. The summed E-state index contributed by atoms with van der Waals surface area (Å²) in [6, 6.07) is 13.6. The highest BCUT2D eigenvalue weighted by atomic mass is 127. The van der Waals surface area contributed by atoms with E-state index in [1.165, 1.54) is 0 Å². The highest BCUT2D eigenvalue weighted by molar-refractivity contribution is 14.0. The summed E-state index contributed by atoms with van der Waals surface area (Å²) < 4.78 is 16.3. The molecule has 0 unspecified atom stereocenters. The molecular weight excluding hydrogens is 483 g/mol. The molecule has 0 saturated heterocycles. The molecule has 0 spiro atoms. The Morgan fingerprint density at radius 2 is 1.79 bits per heavy atom. The molecule has 0 radical (unpaired) electrons. The first-order chi connectivity index (χ1) is 13.5. The average molecular weight is 514 g/mol. The third-order valence-corrected chi connectivity index (χ3v) is 4.06. The molecule has 0 aliphatic rings. The van der Waals surface area contributed by atoms with Crippen LogP contribution in [0, 0.1) is 0 Å². The Morgan fingerprint density at radius 3 is 2.48 bits per heavy atom. The summed E-state index contributed by atoms with van der Waals surface area (Å²) in [5.74, 6) is 2.60. The van der Waals surface area contributed by atoms with Crippen molar-refractivity contribution in [1.29, 1.82) is 0 Å². The van der Waals surface area contributed by atoms with Gasteiger partial charge < -0.3 is 30.2 Å². The Labute approximate surface area is 190 Å². The first-order valence-electron chi connectivity index (χ1n) is 9.13. The van der Waals surface area contributed by atoms with E-state index < -0.39 is 0 Å². The van der Waals surface area contributed by atoms with Crippen LogP contribution in [0.2, 0.25) is 0 Å². The summed E-state index contributed by atoms with van der Waals surface area (Å²) in [4.78, 5) is 6.48. The van der Waals surface area contributed by atoms with Crippen molar-refractivity contribution in [3.05, 3.63) is 53.6 Å². The van der Waals surface area contributed by atoms with Crippen molar-refractivity contribution in [2.45, 2.75) is 13.1 Å². The summed E-state index contributed by atoms with van der Waals surface area (Å²) >= 11 is 0. The zero-order valence-electron chi connectivity index (χ0n) is 17.5. The minimum atomic E-state index is 0. The summed E-state index contributed by atoms with van der Waals surface area (Å²) in [7, 11) is 7.27. The molecule has 0 bridgehead atoms. The lowest BCUT2D eigenvalue weighted by atomic mass is 10.2. The molecule has 2 rings (SSSR count). The molecule has 0 amide bonds. The van der Waals surface area contributed by atoms with Gasteiger partial charge in [0.15, 0.2) is 17.5 Å². The van der Waals surface area contributed by atoms with Gasteiger partial charge in [0, 0.05) is 13.1 Å². The SMILES string of the molecule is COc1ccc(CNC(N)=NCc2cccc(OCCN(C)C)c2)cc1OC.I. The zero-order chi connectivity index (χ0) is 20.4. The van der Waals surface area contributed by atoms with Crippen LogP contribution in [0.25, 0.3) is 0 Å². The lowest BCUT2D eigenvalue weighted by Gasteiger charge is -2.12. The second-order valence-corrected chi connectivity index (χ2v) is 6.54. The van der Waals surface area contributed by atoms with E-state index in [-0.39, 0.29) is 24.0 Å². The predicted octanol–water partition coefficient (Wildman–Crippen LogP) is 2.87. The zero-order valence-corrected chi connectivity index (χ0v) is 19.8. The number of benzene rings is 2. The van der Waals surface area contributed by atoms with Crippen LogP contribution in [0.5, 0.6) is 17.2 Å².